The normalized spacial score (nSPS) is 19.9. The monoisotopic (exact) mass is 420 g/mol. The van der Waals surface area contributed by atoms with Gasteiger partial charge >= 0.3 is 0 Å². The molecule has 0 radical (unpaired) electrons. The number of aromatic nitrogens is 2. The second kappa shape index (κ2) is 7.21. The lowest BCUT2D eigenvalue weighted by Crippen LogP contribution is -2.49. The maximum atomic E-state index is 12.8. The Balaban J connectivity index is 1.45. The number of pyridine rings is 2. The largest absolute Gasteiger partial charge is 0.503 e. The molecule has 2 amide bonds. The summed E-state index contributed by atoms with van der Waals surface area (Å²) in [4.78, 5) is 44.1. The lowest BCUT2D eigenvalue weighted by Gasteiger charge is -2.33. The van der Waals surface area contributed by atoms with Crippen LogP contribution in [0.3, 0.4) is 0 Å². The topological polar surface area (TPSA) is 114 Å². The number of aromatic hydroxyl groups is 1. The van der Waals surface area contributed by atoms with E-state index in [1.165, 1.54) is 15.7 Å². The minimum Gasteiger partial charge on any atom is -0.503 e. The van der Waals surface area contributed by atoms with Crippen LogP contribution in [0.1, 0.15) is 33.5 Å². The Morgan fingerprint density at radius 2 is 2.10 bits per heavy atom. The number of carbonyl (C=O) groups excluding carboxylic acids is 2. The van der Waals surface area contributed by atoms with Gasteiger partial charge in [0, 0.05) is 17.8 Å². The summed E-state index contributed by atoms with van der Waals surface area (Å²) in [5.41, 5.74) is -0.582. The fourth-order valence-electron chi connectivity index (χ4n) is 4.22. The zero-order chi connectivity index (χ0) is 21.7. The van der Waals surface area contributed by atoms with Gasteiger partial charge in [-0.15, -0.1) is 0 Å². The zero-order valence-electron chi connectivity index (χ0n) is 16.7. The summed E-state index contributed by atoms with van der Waals surface area (Å²) in [6.07, 6.45) is 2.47. The van der Waals surface area contributed by atoms with E-state index in [-0.39, 0.29) is 30.4 Å². The molecule has 9 nitrogen and oxygen atoms in total. The smallest absolute Gasteiger partial charge is 0.276 e. The van der Waals surface area contributed by atoms with Crippen molar-refractivity contribution in [1.29, 1.82) is 0 Å². The van der Waals surface area contributed by atoms with Gasteiger partial charge < -0.3 is 24.6 Å². The molecule has 2 atom stereocenters. The Hall–Kier alpha value is -3.72. The van der Waals surface area contributed by atoms with E-state index >= 15 is 0 Å². The predicted octanol–water partition coefficient (Wildman–Crippen LogP) is 1.23. The van der Waals surface area contributed by atoms with Crippen molar-refractivity contribution in [1.82, 2.24) is 19.8 Å². The Bertz CT molecular complexity index is 1280. The van der Waals surface area contributed by atoms with E-state index in [2.05, 4.69) is 10.3 Å². The first-order chi connectivity index (χ1) is 15.0. The molecule has 3 aromatic rings. The number of benzene rings is 1. The van der Waals surface area contributed by atoms with Crippen LogP contribution in [0, 0.1) is 0 Å². The Morgan fingerprint density at radius 1 is 1.29 bits per heavy atom. The van der Waals surface area contributed by atoms with Crippen molar-refractivity contribution in [2.75, 3.05) is 6.61 Å². The summed E-state index contributed by atoms with van der Waals surface area (Å²) in [7, 11) is 0. The molecule has 1 fully saturated rings. The standard InChI is InChI=1S/C22H20N4O5/c1-12-11-31-17-10-25-9-15(19(27)20(28)18(25)22(30)26(12)17)21(29)24-8-16-14-5-3-2-4-13(14)6-7-23-16/h2-7,9,12,17,28H,8,10-11H2,1H3,(H,24,29)/t12-,17+/m0/s1. The highest BCUT2D eigenvalue weighted by molar-refractivity contribution is 5.99. The summed E-state index contributed by atoms with van der Waals surface area (Å²) in [6, 6.07) is 9.37. The molecular formula is C22H20N4O5. The van der Waals surface area contributed by atoms with Gasteiger partial charge in [-0.1, -0.05) is 24.3 Å². The highest BCUT2D eigenvalue weighted by atomic mass is 16.5. The molecule has 0 spiro atoms. The average molecular weight is 420 g/mol. The highest BCUT2D eigenvalue weighted by Crippen LogP contribution is 2.29. The van der Waals surface area contributed by atoms with E-state index in [1.807, 2.05) is 37.3 Å². The summed E-state index contributed by atoms with van der Waals surface area (Å²) >= 11 is 0. The third-order valence-corrected chi connectivity index (χ3v) is 5.78. The number of fused-ring (bicyclic) bond motifs is 3. The molecule has 2 aromatic heterocycles. The highest BCUT2D eigenvalue weighted by Gasteiger charge is 2.42. The minimum absolute atomic E-state index is 0.109. The van der Waals surface area contributed by atoms with Crippen molar-refractivity contribution in [3.63, 3.8) is 0 Å². The maximum absolute atomic E-state index is 12.8. The number of nitrogens with zero attached hydrogens (tertiary/aromatic N) is 3. The SMILES string of the molecule is C[C@H]1CO[C@@H]2Cn3cc(C(=O)NCc4nccc5ccccc45)c(=O)c(O)c3C(=O)N12. The molecule has 1 saturated heterocycles. The van der Waals surface area contributed by atoms with Gasteiger partial charge in [-0.3, -0.25) is 19.4 Å². The maximum Gasteiger partial charge on any atom is 0.276 e. The number of nitrogens with one attached hydrogen (secondary N) is 1. The fourth-order valence-corrected chi connectivity index (χ4v) is 4.22. The van der Waals surface area contributed by atoms with Crippen molar-refractivity contribution in [2.24, 2.45) is 0 Å². The van der Waals surface area contributed by atoms with E-state index in [9.17, 15) is 19.5 Å². The van der Waals surface area contributed by atoms with Crippen LogP contribution in [0.15, 0.2) is 47.5 Å². The van der Waals surface area contributed by atoms with Gasteiger partial charge in [0.15, 0.2) is 17.7 Å². The number of ether oxygens (including phenoxy) is 1. The van der Waals surface area contributed by atoms with Crippen LogP contribution < -0.4 is 10.7 Å². The van der Waals surface area contributed by atoms with Crippen molar-refractivity contribution >= 4 is 22.6 Å². The van der Waals surface area contributed by atoms with E-state index in [0.29, 0.717) is 12.3 Å². The second-order valence-corrected chi connectivity index (χ2v) is 7.73. The van der Waals surface area contributed by atoms with Gasteiger partial charge in [0.05, 0.1) is 31.4 Å². The Kier molecular flexibility index (Phi) is 4.48. The van der Waals surface area contributed by atoms with Gasteiger partial charge in [-0.2, -0.15) is 0 Å². The van der Waals surface area contributed by atoms with Crippen molar-refractivity contribution in [3.05, 3.63) is 69.9 Å². The van der Waals surface area contributed by atoms with Gasteiger partial charge in [0.1, 0.15) is 5.56 Å². The number of amides is 2. The Labute approximate surface area is 176 Å². The quantitative estimate of drug-likeness (QED) is 0.659. The molecule has 0 unspecified atom stereocenters. The third-order valence-electron chi connectivity index (χ3n) is 5.78. The first-order valence-electron chi connectivity index (χ1n) is 9.97. The van der Waals surface area contributed by atoms with E-state index in [4.69, 9.17) is 4.74 Å². The summed E-state index contributed by atoms with van der Waals surface area (Å²) in [5.74, 6) is -1.86. The Morgan fingerprint density at radius 3 is 2.94 bits per heavy atom. The third kappa shape index (κ3) is 3.05. The summed E-state index contributed by atoms with van der Waals surface area (Å²) in [5, 5.41) is 15.0. The first kappa shape index (κ1) is 19.3. The molecule has 2 N–H and O–H groups in total. The van der Waals surface area contributed by atoms with Gasteiger partial charge in [-0.05, 0) is 18.4 Å². The summed E-state index contributed by atoms with van der Waals surface area (Å²) < 4.78 is 7.05. The first-order valence-corrected chi connectivity index (χ1v) is 9.97. The second-order valence-electron chi connectivity index (χ2n) is 7.73. The average Bonchev–Trinajstić information content (AvgIpc) is 3.15. The van der Waals surface area contributed by atoms with Crippen molar-refractivity contribution in [3.8, 4) is 5.75 Å². The molecular weight excluding hydrogens is 400 g/mol. The van der Waals surface area contributed by atoms with E-state index in [0.717, 1.165) is 10.8 Å². The van der Waals surface area contributed by atoms with Crippen LogP contribution in [-0.2, 0) is 17.8 Å². The van der Waals surface area contributed by atoms with Crippen LogP contribution >= 0.6 is 0 Å². The number of hydrogen-bond donors (Lipinski definition) is 2. The van der Waals surface area contributed by atoms with Crippen LogP contribution in [0.5, 0.6) is 5.75 Å². The van der Waals surface area contributed by atoms with Gasteiger partial charge in [0.25, 0.3) is 11.8 Å². The number of hydrogen-bond acceptors (Lipinski definition) is 6. The van der Waals surface area contributed by atoms with Gasteiger partial charge in [-0.25, -0.2) is 0 Å². The van der Waals surface area contributed by atoms with Crippen LogP contribution in [0.4, 0.5) is 0 Å². The molecule has 2 aliphatic rings. The van der Waals surface area contributed by atoms with Gasteiger partial charge in [0.2, 0.25) is 5.43 Å². The van der Waals surface area contributed by atoms with Crippen molar-refractivity contribution in [2.45, 2.75) is 32.3 Å². The fraction of sp³-hybridized carbons (Fsp3) is 0.273. The number of carbonyl (C=O) groups is 2. The van der Waals surface area contributed by atoms with Crippen molar-refractivity contribution < 1.29 is 19.4 Å². The van der Waals surface area contributed by atoms with Crippen LogP contribution in [0.2, 0.25) is 0 Å². The van der Waals surface area contributed by atoms with Crippen LogP contribution in [0.25, 0.3) is 10.8 Å². The molecule has 9 heteroatoms. The van der Waals surface area contributed by atoms with Crippen LogP contribution in [-0.4, -0.2) is 50.2 Å². The molecule has 2 aliphatic heterocycles. The molecule has 4 heterocycles. The minimum atomic E-state index is -0.880. The van der Waals surface area contributed by atoms with E-state index in [1.54, 1.807) is 6.20 Å². The predicted molar refractivity (Wildman–Crippen MR) is 111 cm³/mol. The molecule has 5 rings (SSSR count). The molecule has 1 aromatic carbocycles. The molecule has 158 valence electrons. The van der Waals surface area contributed by atoms with E-state index < -0.39 is 29.2 Å². The lowest BCUT2D eigenvalue weighted by molar-refractivity contribution is 0.00624. The molecule has 31 heavy (non-hydrogen) atoms. The number of rotatable bonds is 3. The lowest BCUT2D eigenvalue weighted by atomic mass is 10.1. The summed E-state index contributed by atoms with van der Waals surface area (Å²) in [6.45, 7) is 2.55. The zero-order valence-corrected chi connectivity index (χ0v) is 16.7. The molecule has 0 aliphatic carbocycles. The molecule has 0 bridgehead atoms. The molecule has 0 saturated carbocycles.